The SMILES string of the molecule is CC[C@@H](C)c1ccc(NC(=O)COC(=O)c2ccc(CN3CCOCC3)cc2)cc1. The molecule has 0 bridgehead atoms. The fourth-order valence-corrected chi connectivity index (χ4v) is 3.31. The lowest BCUT2D eigenvalue weighted by atomic mass is 9.99. The van der Waals surface area contributed by atoms with Gasteiger partial charge in [0.1, 0.15) is 0 Å². The molecule has 3 rings (SSSR count). The molecule has 2 aromatic rings. The van der Waals surface area contributed by atoms with E-state index in [1.807, 2.05) is 36.4 Å². The molecular formula is C24H30N2O4. The molecular weight excluding hydrogens is 380 g/mol. The van der Waals surface area contributed by atoms with Crippen molar-refractivity contribution in [3.05, 3.63) is 65.2 Å². The topological polar surface area (TPSA) is 67.9 Å². The number of rotatable bonds is 8. The molecule has 0 aromatic heterocycles. The van der Waals surface area contributed by atoms with Crippen molar-refractivity contribution in [1.82, 2.24) is 4.90 Å². The van der Waals surface area contributed by atoms with E-state index in [1.54, 1.807) is 12.1 Å². The Balaban J connectivity index is 1.44. The maximum Gasteiger partial charge on any atom is 0.338 e. The summed E-state index contributed by atoms with van der Waals surface area (Å²) in [5, 5.41) is 2.76. The van der Waals surface area contributed by atoms with Crippen LogP contribution in [0.1, 0.15) is 47.7 Å². The Morgan fingerprint density at radius 1 is 1.07 bits per heavy atom. The fourth-order valence-electron chi connectivity index (χ4n) is 3.31. The Morgan fingerprint density at radius 2 is 1.73 bits per heavy atom. The molecule has 0 saturated carbocycles. The largest absolute Gasteiger partial charge is 0.452 e. The molecule has 1 amide bonds. The van der Waals surface area contributed by atoms with Crippen molar-refractivity contribution >= 4 is 17.6 Å². The van der Waals surface area contributed by atoms with Gasteiger partial charge in [-0.2, -0.15) is 0 Å². The number of nitrogens with one attached hydrogen (secondary N) is 1. The number of hydrogen-bond acceptors (Lipinski definition) is 5. The monoisotopic (exact) mass is 410 g/mol. The molecule has 1 aliphatic heterocycles. The Kier molecular flexibility index (Phi) is 7.99. The number of morpholine rings is 1. The van der Waals surface area contributed by atoms with E-state index in [2.05, 4.69) is 24.1 Å². The van der Waals surface area contributed by atoms with Gasteiger partial charge < -0.3 is 14.8 Å². The highest BCUT2D eigenvalue weighted by Crippen LogP contribution is 2.20. The highest BCUT2D eigenvalue weighted by molar-refractivity contribution is 5.95. The Labute approximate surface area is 178 Å². The average Bonchev–Trinajstić information content (AvgIpc) is 2.78. The number of carbonyl (C=O) groups is 2. The van der Waals surface area contributed by atoms with Crippen molar-refractivity contribution in [2.24, 2.45) is 0 Å². The lowest BCUT2D eigenvalue weighted by molar-refractivity contribution is -0.119. The van der Waals surface area contributed by atoms with Crippen molar-refractivity contribution in [3.63, 3.8) is 0 Å². The first kappa shape index (κ1) is 22.0. The molecule has 2 aromatic carbocycles. The van der Waals surface area contributed by atoms with Crippen LogP contribution in [0.3, 0.4) is 0 Å². The molecule has 0 spiro atoms. The number of hydrogen-bond donors (Lipinski definition) is 1. The summed E-state index contributed by atoms with van der Waals surface area (Å²) >= 11 is 0. The van der Waals surface area contributed by atoms with Crippen molar-refractivity contribution in [3.8, 4) is 0 Å². The Bertz CT molecular complexity index is 827. The van der Waals surface area contributed by atoms with Gasteiger partial charge in [0.25, 0.3) is 5.91 Å². The summed E-state index contributed by atoms with van der Waals surface area (Å²) in [6.45, 7) is 8.18. The first-order chi connectivity index (χ1) is 14.5. The summed E-state index contributed by atoms with van der Waals surface area (Å²) < 4.78 is 10.5. The van der Waals surface area contributed by atoms with Crippen LogP contribution in [0.5, 0.6) is 0 Å². The maximum absolute atomic E-state index is 12.2. The van der Waals surface area contributed by atoms with Crippen molar-refractivity contribution in [1.29, 1.82) is 0 Å². The second-order valence-electron chi connectivity index (χ2n) is 7.64. The molecule has 1 saturated heterocycles. The fraction of sp³-hybridized carbons (Fsp3) is 0.417. The molecule has 1 atom stereocenters. The molecule has 1 fully saturated rings. The van der Waals surface area contributed by atoms with E-state index in [9.17, 15) is 9.59 Å². The van der Waals surface area contributed by atoms with E-state index in [0.717, 1.165) is 44.8 Å². The highest BCUT2D eigenvalue weighted by Gasteiger charge is 2.13. The van der Waals surface area contributed by atoms with Crippen LogP contribution < -0.4 is 5.32 Å². The maximum atomic E-state index is 12.2. The predicted molar refractivity (Wildman–Crippen MR) is 117 cm³/mol. The smallest absolute Gasteiger partial charge is 0.338 e. The van der Waals surface area contributed by atoms with Crippen molar-refractivity contribution in [2.75, 3.05) is 38.2 Å². The third-order valence-electron chi connectivity index (χ3n) is 5.41. The van der Waals surface area contributed by atoms with Crippen LogP contribution in [0.2, 0.25) is 0 Å². The minimum Gasteiger partial charge on any atom is -0.452 e. The van der Waals surface area contributed by atoms with Crippen LogP contribution >= 0.6 is 0 Å². The minimum absolute atomic E-state index is 0.318. The van der Waals surface area contributed by atoms with E-state index in [1.165, 1.54) is 5.56 Å². The summed E-state index contributed by atoms with van der Waals surface area (Å²) in [6.07, 6.45) is 1.07. The van der Waals surface area contributed by atoms with E-state index < -0.39 is 5.97 Å². The standard InChI is InChI=1S/C24H30N2O4/c1-3-18(2)20-8-10-22(11-9-20)25-23(27)17-30-24(28)21-6-4-19(5-7-21)16-26-12-14-29-15-13-26/h4-11,18H,3,12-17H2,1-2H3,(H,25,27)/t18-/m1/s1. The van der Waals surface area contributed by atoms with Gasteiger partial charge in [0, 0.05) is 25.3 Å². The number of benzene rings is 2. The van der Waals surface area contributed by atoms with Crippen LogP contribution in [0.4, 0.5) is 5.69 Å². The van der Waals surface area contributed by atoms with E-state index >= 15 is 0 Å². The van der Waals surface area contributed by atoms with Crippen LogP contribution in [0, 0.1) is 0 Å². The van der Waals surface area contributed by atoms with E-state index in [4.69, 9.17) is 9.47 Å². The normalized spacial score (nSPS) is 15.4. The molecule has 0 unspecified atom stereocenters. The van der Waals surface area contributed by atoms with Crippen molar-refractivity contribution in [2.45, 2.75) is 32.7 Å². The first-order valence-corrected chi connectivity index (χ1v) is 10.5. The Morgan fingerprint density at radius 3 is 2.37 bits per heavy atom. The number of esters is 1. The van der Waals surface area contributed by atoms with E-state index in [0.29, 0.717) is 17.2 Å². The van der Waals surface area contributed by atoms with Crippen LogP contribution in [0.15, 0.2) is 48.5 Å². The lowest BCUT2D eigenvalue weighted by Crippen LogP contribution is -2.35. The zero-order valence-electron chi connectivity index (χ0n) is 17.7. The molecule has 1 N–H and O–H groups in total. The third kappa shape index (κ3) is 6.40. The molecule has 160 valence electrons. The zero-order chi connectivity index (χ0) is 21.3. The average molecular weight is 411 g/mol. The molecule has 0 radical (unpaired) electrons. The van der Waals surface area contributed by atoms with Gasteiger partial charge in [0.2, 0.25) is 0 Å². The van der Waals surface area contributed by atoms with Gasteiger partial charge in [0.15, 0.2) is 6.61 Å². The summed E-state index contributed by atoms with van der Waals surface area (Å²) in [5.74, 6) is -0.380. The number of nitrogens with zero attached hydrogens (tertiary/aromatic N) is 1. The van der Waals surface area contributed by atoms with Crippen LogP contribution in [0.25, 0.3) is 0 Å². The molecule has 6 nitrogen and oxygen atoms in total. The Hall–Kier alpha value is -2.70. The molecule has 6 heteroatoms. The van der Waals surface area contributed by atoms with Gasteiger partial charge in [-0.1, -0.05) is 38.1 Å². The second kappa shape index (κ2) is 10.9. The third-order valence-corrected chi connectivity index (χ3v) is 5.41. The first-order valence-electron chi connectivity index (χ1n) is 10.5. The summed E-state index contributed by atoms with van der Waals surface area (Å²) in [7, 11) is 0. The molecule has 0 aliphatic carbocycles. The van der Waals surface area contributed by atoms with Gasteiger partial charge in [-0.15, -0.1) is 0 Å². The molecule has 1 aliphatic rings. The summed E-state index contributed by atoms with van der Waals surface area (Å²) in [4.78, 5) is 26.6. The van der Waals surface area contributed by atoms with Gasteiger partial charge in [-0.25, -0.2) is 4.79 Å². The van der Waals surface area contributed by atoms with Crippen molar-refractivity contribution < 1.29 is 19.1 Å². The lowest BCUT2D eigenvalue weighted by Gasteiger charge is -2.26. The summed E-state index contributed by atoms with van der Waals surface area (Å²) in [6, 6.07) is 15.1. The quantitative estimate of drug-likeness (QED) is 0.670. The van der Waals surface area contributed by atoms with Gasteiger partial charge in [-0.05, 0) is 47.7 Å². The van der Waals surface area contributed by atoms with Crippen LogP contribution in [-0.4, -0.2) is 49.7 Å². The van der Waals surface area contributed by atoms with Gasteiger partial charge in [0.05, 0.1) is 18.8 Å². The van der Waals surface area contributed by atoms with Crippen LogP contribution in [-0.2, 0) is 20.8 Å². The number of anilines is 1. The zero-order valence-corrected chi connectivity index (χ0v) is 17.7. The molecule has 30 heavy (non-hydrogen) atoms. The van der Waals surface area contributed by atoms with Gasteiger partial charge >= 0.3 is 5.97 Å². The minimum atomic E-state index is -0.504. The van der Waals surface area contributed by atoms with E-state index in [-0.39, 0.29) is 12.5 Å². The van der Waals surface area contributed by atoms with Gasteiger partial charge in [-0.3, -0.25) is 9.69 Å². The summed E-state index contributed by atoms with van der Waals surface area (Å²) in [5.41, 5.74) is 3.49. The predicted octanol–water partition coefficient (Wildman–Crippen LogP) is 3.83. The molecule has 1 heterocycles. The number of carbonyl (C=O) groups excluding carboxylic acids is 2. The number of amides is 1. The second-order valence-corrected chi connectivity index (χ2v) is 7.64. The number of ether oxygens (including phenoxy) is 2. The highest BCUT2D eigenvalue weighted by atomic mass is 16.5.